The summed E-state index contributed by atoms with van der Waals surface area (Å²) in [7, 11) is 4.03. The Hall–Kier alpha value is -2.44. The molecule has 152 valence electrons. The molecule has 1 aliphatic heterocycles. The van der Waals surface area contributed by atoms with Crippen LogP contribution in [0.5, 0.6) is 0 Å². The van der Waals surface area contributed by atoms with E-state index >= 15 is 0 Å². The lowest BCUT2D eigenvalue weighted by atomic mass is 9.98. The minimum atomic E-state index is -0.153. The van der Waals surface area contributed by atoms with Gasteiger partial charge in [-0.1, -0.05) is 52.3 Å². The van der Waals surface area contributed by atoms with Gasteiger partial charge in [0, 0.05) is 35.1 Å². The van der Waals surface area contributed by atoms with Crippen molar-refractivity contribution in [3.63, 3.8) is 0 Å². The first-order valence-electron chi connectivity index (χ1n) is 9.63. The molecule has 1 atom stereocenters. The van der Waals surface area contributed by atoms with E-state index in [4.69, 9.17) is 5.10 Å². The first-order valence-corrected chi connectivity index (χ1v) is 11.2. The van der Waals surface area contributed by atoms with Crippen molar-refractivity contribution in [1.82, 2.24) is 5.01 Å². The lowest BCUT2D eigenvalue weighted by Gasteiger charge is -2.23. The number of carbonyl (C=O) groups excluding carboxylic acids is 1. The molecule has 0 N–H and O–H groups in total. The molecule has 1 aliphatic rings. The standard InChI is InChI=1S/C24H21Br2N3O/c1-28(2)19-13-9-17(10-14-19)23-15-22(16-7-11-18(25)12-8-16)27-29(23)24(30)20-5-3-4-6-21(20)26/h3-14,23H,15H2,1-2H3. The zero-order chi connectivity index (χ0) is 21.3. The lowest BCUT2D eigenvalue weighted by Crippen LogP contribution is -2.27. The fraction of sp³-hybridized carbons (Fsp3) is 0.167. The molecule has 3 aromatic rings. The van der Waals surface area contributed by atoms with E-state index in [2.05, 4.69) is 61.0 Å². The summed E-state index contributed by atoms with van der Waals surface area (Å²) in [5, 5.41) is 6.40. The Balaban J connectivity index is 1.73. The number of hydrazone groups is 1. The highest BCUT2D eigenvalue weighted by atomic mass is 79.9. The molecular formula is C24H21Br2N3O. The van der Waals surface area contributed by atoms with Crippen LogP contribution in [0.1, 0.15) is 33.9 Å². The second kappa shape index (κ2) is 8.74. The smallest absolute Gasteiger partial charge is 0.275 e. The molecule has 1 amide bonds. The van der Waals surface area contributed by atoms with Gasteiger partial charge in [0.1, 0.15) is 0 Å². The van der Waals surface area contributed by atoms with Crippen molar-refractivity contribution in [3.8, 4) is 0 Å². The summed E-state index contributed by atoms with van der Waals surface area (Å²) in [4.78, 5) is 15.5. The summed E-state index contributed by atoms with van der Waals surface area (Å²) in [6.45, 7) is 0. The fourth-order valence-corrected chi connectivity index (χ4v) is 4.25. The molecule has 0 saturated carbocycles. The molecule has 0 bridgehead atoms. The molecule has 1 heterocycles. The molecule has 4 rings (SSSR count). The largest absolute Gasteiger partial charge is 0.378 e. The van der Waals surface area contributed by atoms with Gasteiger partial charge in [-0.25, -0.2) is 5.01 Å². The summed E-state index contributed by atoms with van der Waals surface area (Å²) in [6.07, 6.45) is 0.666. The molecular weight excluding hydrogens is 506 g/mol. The van der Waals surface area contributed by atoms with Gasteiger partial charge in [-0.3, -0.25) is 4.79 Å². The molecule has 0 spiro atoms. The number of amides is 1. The maximum atomic E-state index is 13.4. The Labute approximate surface area is 193 Å². The topological polar surface area (TPSA) is 35.9 Å². The predicted octanol–water partition coefficient (Wildman–Crippen LogP) is 6.27. The van der Waals surface area contributed by atoms with E-state index < -0.39 is 0 Å². The highest BCUT2D eigenvalue weighted by molar-refractivity contribution is 9.10. The van der Waals surface area contributed by atoms with E-state index in [-0.39, 0.29) is 11.9 Å². The summed E-state index contributed by atoms with van der Waals surface area (Å²) in [5.41, 5.74) is 4.72. The van der Waals surface area contributed by atoms with Crippen molar-refractivity contribution >= 4 is 49.2 Å². The van der Waals surface area contributed by atoms with Crippen LogP contribution in [0.15, 0.2) is 86.8 Å². The third-order valence-corrected chi connectivity index (χ3v) is 6.41. The van der Waals surface area contributed by atoms with Gasteiger partial charge in [0.25, 0.3) is 5.91 Å². The molecule has 3 aromatic carbocycles. The van der Waals surface area contributed by atoms with Crippen molar-refractivity contribution in [2.75, 3.05) is 19.0 Å². The van der Waals surface area contributed by atoms with Gasteiger partial charge in [0.05, 0.1) is 17.3 Å². The zero-order valence-electron chi connectivity index (χ0n) is 16.7. The highest BCUT2D eigenvalue weighted by Crippen LogP contribution is 2.35. The van der Waals surface area contributed by atoms with Gasteiger partial charge in [-0.2, -0.15) is 5.10 Å². The van der Waals surface area contributed by atoms with E-state index in [1.807, 2.05) is 62.6 Å². The monoisotopic (exact) mass is 525 g/mol. The maximum absolute atomic E-state index is 13.4. The number of benzene rings is 3. The van der Waals surface area contributed by atoms with E-state index in [1.54, 1.807) is 5.01 Å². The van der Waals surface area contributed by atoms with Gasteiger partial charge >= 0.3 is 0 Å². The average molecular weight is 527 g/mol. The number of carbonyl (C=O) groups is 1. The Morgan fingerprint density at radius 1 is 0.967 bits per heavy atom. The molecule has 0 aromatic heterocycles. The van der Waals surface area contributed by atoms with Crippen molar-refractivity contribution in [1.29, 1.82) is 0 Å². The first-order chi connectivity index (χ1) is 14.4. The molecule has 1 unspecified atom stereocenters. The van der Waals surface area contributed by atoms with Crippen LogP contribution in [0, 0.1) is 0 Å². The summed E-state index contributed by atoms with van der Waals surface area (Å²) < 4.78 is 1.78. The molecule has 0 aliphatic carbocycles. The average Bonchev–Trinajstić information content (AvgIpc) is 3.19. The second-order valence-electron chi connectivity index (χ2n) is 7.39. The zero-order valence-corrected chi connectivity index (χ0v) is 19.9. The Kier molecular flexibility index (Phi) is 6.06. The van der Waals surface area contributed by atoms with Crippen molar-refractivity contribution < 1.29 is 4.79 Å². The van der Waals surface area contributed by atoms with Crippen molar-refractivity contribution in [2.24, 2.45) is 5.10 Å². The minimum Gasteiger partial charge on any atom is -0.378 e. The molecule has 4 nitrogen and oxygen atoms in total. The molecule has 6 heteroatoms. The minimum absolute atomic E-state index is 0.115. The van der Waals surface area contributed by atoms with E-state index in [0.29, 0.717) is 12.0 Å². The van der Waals surface area contributed by atoms with Crippen molar-refractivity contribution in [2.45, 2.75) is 12.5 Å². The van der Waals surface area contributed by atoms with Gasteiger partial charge in [0.2, 0.25) is 0 Å². The van der Waals surface area contributed by atoms with Gasteiger partial charge in [-0.05, 0) is 63.5 Å². The fourth-order valence-electron chi connectivity index (χ4n) is 3.53. The SMILES string of the molecule is CN(C)c1ccc(C2CC(c3ccc(Br)cc3)=NN2C(=O)c2ccccc2Br)cc1. The van der Waals surface area contributed by atoms with Gasteiger partial charge < -0.3 is 4.90 Å². The van der Waals surface area contributed by atoms with Crippen LogP contribution >= 0.6 is 31.9 Å². The number of halogens is 2. The van der Waals surface area contributed by atoms with Crippen LogP contribution in [0.4, 0.5) is 5.69 Å². The number of anilines is 1. The summed E-state index contributed by atoms with van der Waals surface area (Å²) >= 11 is 6.99. The van der Waals surface area contributed by atoms with Crippen LogP contribution in [0.2, 0.25) is 0 Å². The third kappa shape index (κ3) is 4.20. The Morgan fingerprint density at radius 3 is 2.27 bits per heavy atom. The Bertz CT molecular complexity index is 1090. The van der Waals surface area contributed by atoms with Crippen LogP contribution in [-0.2, 0) is 0 Å². The van der Waals surface area contributed by atoms with Crippen molar-refractivity contribution in [3.05, 3.63) is 98.4 Å². The van der Waals surface area contributed by atoms with Crippen LogP contribution < -0.4 is 4.90 Å². The molecule has 0 radical (unpaired) electrons. The number of hydrogen-bond acceptors (Lipinski definition) is 3. The van der Waals surface area contributed by atoms with Crippen LogP contribution in [0.25, 0.3) is 0 Å². The highest BCUT2D eigenvalue weighted by Gasteiger charge is 2.34. The quantitative estimate of drug-likeness (QED) is 0.401. The van der Waals surface area contributed by atoms with E-state index in [0.717, 1.165) is 31.5 Å². The number of nitrogens with zero attached hydrogens (tertiary/aromatic N) is 3. The molecule has 0 fully saturated rings. The van der Waals surface area contributed by atoms with Crippen LogP contribution in [-0.4, -0.2) is 30.7 Å². The summed E-state index contributed by atoms with van der Waals surface area (Å²) in [5.74, 6) is -0.115. The summed E-state index contributed by atoms with van der Waals surface area (Å²) in [6, 6.07) is 23.7. The van der Waals surface area contributed by atoms with E-state index in [1.165, 1.54) is 0 Å². The van der Waals surface area contributed by atoms with Gasteiger partial charge in [0.15, 0.2) is 0 Å². The predicted molar refractivity (Wildman–Crippen MR) is 129 cm³/mol. The normalized spacial score (nSPS) is 15.8. The Morgan fingerprint density at radius 2 is 1.63 bits per heavy atom. The third-order valence-electron chi connectivity index (χ3n) is 5.19. The first kappa shape index (κ1) is 20.8. The van der Waals surface area contributed by atoms with Crippen LogP contribution in [0.3, 0.4) is 0 Å². The second-order valence-corrected chi connectivity index (χ2v) is 9.16. The lowest BCUT2D eigenvalue weighted by molar-refractivity contribution is 0.0710. The van der Waals surface area contributed by atoms with E-state index in [9.17, 15) is 4.79 Å². The molecule has 30 heavy (non-hydrogen) atoms. The maximum Gasteiger partial charge on any atom is 0.275 e. The number of hydrogen-bond donors (Lipinski definition) is 0. The van der Waals surface area contributed by atoms with Gasteiger partial charge in [-0.15, -0.1) is 0 Å². The number of rotatable bonds is 4. The molecule has 0 saturated heterocycles.